The van der Waals surface area contributed by atoms with Crippen molar-refractivity contribution in [2.24, 2.45) is 0 Å². The van der Waals surface area contributed by atoms with E-state index in [1.165, 1.54) is 10.8 Å². The molecule has 2 heterocycles. The van der Waals surface area contributed by atoms with E-state index in [2.05, 4.69) is 6.07 Å². The molecule has 154 valence electrons. The highest BCUT2D eigenvalue weighted by Gasteiger charge is 2.07. The van der Waals surface area contributed by atoms with Crippen LogP contribution in [0, 0.1) is 0 Å². The first kappa shape index (κ1) is 19.3. The average Bonchev–Trinajstić information content (AvgIpc) is 3.23. The molecule has 5 aromatic rings. The Morgan fingerprint density at radius 1 is 0.839 bits per heavy atom. The molecular formula is C25H19NO4S. The van der Waals surface area contributed by atoms with Crippen LogP contribution in [0.2, 0.25) is 0 Å². The Hall–Kier alpha value is -3.64. The van der Waals surface area contributed by atoms with Gasteiger partial charge in [0, 0.05) is 29.5 Å². The highest BCUT2D eigenvalue weighted by molar-refractivity contribution is 7.21. The van der Waals surface area contributed by atoms with Gasteiger partial charge in [-0.05, 0) is 42.5 Å². The molecule has 0 aliphatic carbocycles. The van der Waals surface area contributed by atoms with Crippen LogP contribution in [0.4, 0.5) is 0 Å². The van der Waals surface area contributed by atoms with E-state index in [1.54, 1.807) is 23.5 Å². The van der Waals surface area contributed by atoms with E-state index in [4.69, 9.17) is 18.9 Å². The van der Waals surface area contributed by atoms with Crippen LogP contribution in [0.15, 0.2) is 88.1 Å². The number of nitrogens with zero attached hydrogens (tertiary/aromatic N) is 1. The van der Waals surface area contributed by atoms with Crippen molar-refractivity contribution in [3.05, 3.63) is 89.3 Å². The molecule has 0 bridgehead atoms. The molecule has 31 heavy (non-hydrogen) atoms. The lowest BCUT2D eigenvalue weighted by Gasteiger charge is -2.09. The lowest BCUT2D eigenvalue weighted by molar-refractivity contribution is 0.247. The van der Waals surface area contributed by atoms with Gasteiger partial charge < -0.3 is 13.9 Å². The summed E-state index contributed by atoms with van der Waals surface area (Å²) in [5, 5.41) is 1.85. The number of hydrogen-bond acceptors (Lipinski definition) is 6. The molecule has 0 amide bonds. The van der Waals surface area contributed by atoms with E-state index < -0.39 is 0 Å². The third kappa shape index (κ3) is 4.44. The maximum Gasteiger partial charge on any atom is 0.336 e. The number of thiazole rings is 1. The summed E-state index contributed by atoms with van der Waals surface area (Å²) in [6, 6.07) is 24.8. The van der Waals surface area contributed by atoms with Gasteiger partial charge in [0.2, 0.25) is 0 Å². The Kier molecular flexibility index (Phi) is 5.37. The first-order valence-electron chi connectivity index (χ1n) is 10.0. The fraction of sp³-hybridized carbons (Fsp3) is 0.120. The summed E-state index contributed by atoms with van der Waals surface area (Å²) in [7, 11) is 0. The zero-order chi connectivity index (χ0) is 21.0. The monoisotopic (exact) mass is 429 g/mol. The number of rotatable bonds is 7. The molecule has 0 aliphatic rings. The van der Waals surface area contributed by atoms with Crippen molar-refractivity contribution in [3.8, 4) is 22.1 Å². The molecule has 0 aliphatic heterocycles. The molecule has 0 saturated heterocycles. The smallest absolute Gasteiger partial charge is 0.336 e. The van der Waals surface area contributed by atoms with Crippen LogP contribution in [-0.2, 0) is 0 Å². The van der Waals surface area contributed by atoms with Crippen LogP contribution in [-0.4, -0.2) is 18.2 Å². The number of fused-ring (bicyclic) bond motifs is 2. The Balaban J connectivity index is 1.16. The van der Waals surface area contributed by atoms with Crippen LogP contribution in [0.25, 0.3) is 31.8 Å². The van der Waals surface area contributed by atoms with Gasteiger partial charge in [-0.25, -0.2) is 9.78 Å². The second kappa shape index (κ2) is 8.62. The summed E-state index contributed by atoms with van der Waals surface area (Å²) < 4.78 is 18.0. The van der Waals surface area contributed by atoms with E-state index in [0.717, 1.165) is 33.6 Å². The first-order chi connectivity index (χ1) is 15.2. The highest BCUT2D eigenvalue weighted by Crippen LogP contribution is 2.31. The van der Waals surface area contributed by atoms with Gasteiger partial charge in [0.05, 0.1) is 23.4 Å². The fourth-order valence-electron chi connectivity index (χ4n) is 3.28. The molecule has 0 atom stereocenters. The van der Waals surface area contributed by atoms with Crippen LogP contribution in [0.5, 0.6) is 11.5 Å². The molecule has 0 fully saturated rings. The lowest BCUT2D eigenvalue weighted by Crippen LogP contribution is -2.05. The van der Waals surface area contributed by atoms with Crippen molar-refractivity contribution in [1.29, 1.82) is 0 Å². The van der Waals surface area contributed by atoms with Crippen molar-refractivity contribution in [2.75, 3.05) is 13.2 Å². The first-order valence-corrected chi connectivity index (χ1v) is 10.8. The van der Waals surface area contributed by atoms with Crippen molar-refractivity contribution in [1.82, 2.24) is 4.98 Å². The number of ether oxygens (including phenoxy) is 2. The van der Waals surface area contributed by atoms with E-state index in [9.17, 15) is 4.79 Å². The summed E-state index contributed by atoms with van der Waals surface area (Å²) in [4.78, 5) is 16.1. The quantitative estimate of drug-likeness (QED) is 0.237. The zero-order valence-electron chi connectivity index (χ0n) is 16.6. The number of para-hydroxylation sites is 1. The van der Waals surface area contributed by atoms with E-state index in [1.807, 2.05) is 54.6 Å². The third-order valence-corrected chi connectivity index (χ3v) is 5.88. The molecular weight excluding hydrogens is 410 g/mol. The van der Waals surface area contributed by atoms with E-state index in [-0.39, 0.29) is 5.63 Å². The van der Waals surface area contributed by atoms with E-state index in [0.29, 0.717) is 24.5 Å². The molecule has 6 heteroatoms. The van der Waals surface area contributed by atoms with Crippen molar-refractivity contribution < 1.29 is 13.9 Å². The largest absolute Gasteiger partial charge is 0.493 e. The van der Waals surface area contributed by atoms with Crippen LogP contribution in [0.3, 0.4) is 0 Å². The predicted octanol–water partition coefficient (Wildman–Crippen LogP) is 5.92. The number of hydrogen-bond donors (Lipinski definition) is 0. The van der Waals surface area contributed by atoms with Gasteiger partial charge in [-0.2, -0.15) is 0 Å². The zero-order valence-corrected chi connectivity index (χ0v) is 17.4. The molecule has 5 rings (SSSR count). The minimum atomic E-state index is -0.369. The SMILES string of the molecule is O=c1ccc2ccc(OCCCOc3cccc(-c4nc5ccccc5s4)c3)cc2o1. The average molecular weight is 429 g/mol. The van der Waals surface area contributed by atoms with Crippen molar-refractivity contribution >= 4 is 32.5 Å². The predicted molar refractivity (Wildman–Crippen MR) is 123 cm³/mol. The summed E-state index contributed by atoms with van der Waals surface area (Å²) in [6.07, 6.45) is 0.724. The van der Waals surface area contributed by atoms with Crippen LogP contribution >= 0.6 is 11.3 Å². The Labute approximate surface area is 182 Å². The molecule has 0 radical (unpaired) electrons. The Morgan fingerprint density at radius 3 is 2.52 bits per heavy atom. The third-order valence-electron chi connectivity index (χ3n) is 4.80. The van der Waals surface area contributed by atoms with Crippen molar-refractivity contribution in [2.45, 2.75) is 6.42 Å². The van der Waals surface area contributed by atoms with Crippen LogP contribution < -0.4 is 15.1 Å². The second-order valence-electron chi connectivity index (χ2n) is 7.02. The maximum atomic E-state index is 11.4. The maximum absolute atomic E-state index is 11.4. The summed E-state index contributed by atoms with van der Waals surface area (Å²) in [6.45, 7) is 1.03. The number of aromatic nitrogens is 1. The normalized spacial score (nSPS) is 11.1. The van der Waals surface area contributed by atoms with Crippen molar-refractivity contribution in [3.63, 3.8) is 0 Å². The molecule has 5 nitrogen and oxygen atoms in total. The van der Waals surface area contributed by atoms with Gasteiger partial charge in [-0.15, -0.1) is 11.3 Å². The molecule has 0 saturated carbocycles. The summed E-state index contributed by atoms with van der Waals surface area (Å²) in [5.41, 5.74) is 2.21. The number of benzene rings is 3. The van der Waals surface area contributed by atoms with E-state index >= 15 is 0 Å². The van der Waals surface area contributed by atoms with Crippen LogP contribution in [0.1, 0.15) is 6.42 Å². The summed E-state index contributed by atoms with van der Waals surface area (Å²) >= 11 is 1.68. The van der Waals surface area contributed by atoms with Gasteiger partial charge in [-0.3, -0.25) is 0 Å². The lowest BCUT2D eigenvalue weighted by atomic mass is 10.2. The molecule has 0 spiro atoms. The molecule has 3 aromatic carbocycles. The Morgan fingerprint density at radius 2 is 1.65 bits per heavy atom. The highest BCUT2D eigenvalue weighted by atomic mass is 32.1. The van der Waals surface area contributed by atoms with Gasteiger partial charge >= 0.3 is 5.63 Å². The standard InChI is InChI=1S/C25H19NO4S/c27-24-12-10-17-9-11-20(16-22(17)30-24)29-14-4-13-28-19-6-3-5-18(15-19)25-26-21-7-1-2-8-23(21)31-25/h1-3,5-12,15-16H,4,13-14H2. The molecule has 2 aromatic heterocycles. The van der Waals surface area contributed by atoms with Gasteiger partial charge in [-0.1, -0.05) is 24.3 Å². The minimum Gasteiger partial charge on any atom is -0.493 e. The second-order valence-corrected chi connectivity index (χ2v) is 8.05. The topological polar surface area (TPSA) is 61.6 Å². The van der Waals surface area contributed by atoms with Gasteiger partial charge in [0.25, 0.3) is 0 Å². The van der Waals surface area contributed by atoms with Gasteiger partial charge in [0.15, 0.2) is 0 Å². The van der Waals surface area contributed by atoms with Gasteiger partial charge in [0.1, 0.15) is 22.1 Å². The minimum absolute atomic E-state index is 0.369. The fourth-order valence-corrected chi connectivity index (χ4v) is 4.25. The Bertz CT molecular complexity index is 1370. The summed E-state index contributed by atoms with van der Waals surface area (Å²) in [5.74, 6) is 1.48. The molecule has 0 N–H and O–H groups in total. The molecule has 0 unspecified atom stereocenters.